The van der Waals surface area contributed by atoms with Gasteiger partial charge in [0.1, 0.15) is 16.2 Å². The molecule has 16 heavy (non-hydrogen) atoms. The molecule has 0 aromatic carbocycles. The quantitative estimate of drug-likeness (QED) is 0.933. The molecule has 0 saturated carbocycles. The molecule has 0 saturated heterocycles. The van der Waals surface area contributed by atoms with E-state index in [1.54, 1.807) is 0 Å². The maximum absolute atomic E-state index is 4.51. The number of nitrogens with zero attached hydrogens (tertiary/aromatic N) is 3. The molecule has 2 rings (SSSR count). The van der Waals surface area contributed by atoms with Gasteiger partial charge in [-0.05, 0) is 35.1 Å². The first-order valence-electron chi connectivity index (χ1n) is 5.13. The fourth-order valence-corrected chi connectivity index (χ4v) is 2.29. The highest BCUT2D eigenvalue weighted by molar-refractivity contribution is 9.10. The van der Waals surface area contributed by atoms with Crippen LogP contribution in [0.15, 0.2) is 22.8 Å². The summed E-state index contributed by atoms with van der Waals surface area (Å²) in [6.45, 7) is 0.748. The Bertz CT molecular complexity index is 504. The van der Waals surface area contributed by atoms with Gasteiger partial charge < -0.3 is 10.2 Å². The lowest BCUT2D eigenvalue weighted by molar-refractivity contribution is 0.752. The second-order valence-corrected chi connectivity index (χ2v) is 4.60. The van der Waals surface area contributed by atoms with E-state index < -0.39 is 0 Å². The zero-order valence-corrected chi connectivity index (χ0v) is 11.2. The lowest BCUT2D eigenvalue weighted by atomic mass is 10.4. The van der Waals surface area contributed by atoms with Gasteiger partial charge in [-0.15, -0.1) is 0 Å². The van der Waals surface area contributed by atoms with Crippen molar-refractivity contribution in [3.05, 3.63) is 28.6 Å². The Balaban J connectivity index is 2.72. The Morgan fingerprint density at radius 2 is 2.19 bits per heavy atom. The minimum absolute atomic E-state index is 0.748. The van der Waals surface area contributed by atoms with Crippen LogP contribution in [0, 0.1) is 0 Å². The average Bonchev–Trinajstić information content (AvgIpc) is 2.57. The predicted molar refractivity (Wildman–Crippen MR) is 70.0 cm³/mol. The van der Waals surface area contributed by atoms with Crippen molar-refractivity contribution in [3.8, 4) is 0 Å². The van der Waals surface area contributed by atoms with Crippen LogP contribution in [0.5, 0.6) is 0 Å². The fourth-order valence-electron chi connectivity index (χ4n) is 1.78. The standard InChI is InChI=1S/C11H15BrN4/c1-13-7-9-14-11(12)8-5-4-6-10(15(2)3)16(8)9/h4-6,13H,7H2,1-3H3. The number of imidazole rings is 1. The van der Waals surface area contributed by atoms with Crippen molar-refractivity contribution in [2.45, 2.75) is 6.54 Å². The molecular formula is C11H15BrN4. The van der Waals surface area contributed by atoms with E-state index in [0.29, 0.717) is 0 Å². The highest BCUT2D eigenvalue weighted by Crippen LogP contribution is 2.24. The van der Waals surface area contributed by atoms with Gasteiger partial charge in [-0.3, -0.25) is 4.40 Å². The molecule has 0 bridgehead atoms. The van der Waals surface area contributed by atoms with Crippen molar-refractivity contribution in [1.82, 2.24) is 14.7 Å². The summed E-state index contributed by atoms with van der Waals surface area (Å²) in [6, 6.07) is 6.18. The van der Waals surface area contributed by atoms with Crippen LogP contribution in [0.2, 0.25) is 0 Å². The molecule has 0 spiro atoms. The van der Waals surface area contributed by atoms with Gasteiger partial charge in [0.25, 0.3) is 0 Å². The fraction of sp³-hybridized carbons (Fsp3) is 0.364. The number of rotatable bonds is 3. The summed E-state index contributed by atoms with van der Waals surface area (Å²) in [5.74, 6) is 2.13. The molecule has 0 aliphatic rings. The number of pyridine rings is 1. The molecule has 4 nitrogen and oxygen atoms in total. The molecule has 2 aromatic heterocycles. The molecule has 2 aromatic rings. The van der Waals surface area contributed by atoms with Gasteiger partial charge in [0.05, 0.1) is 12.1 Å². The Labute approximate surface area is 103 Å². The van der Waals surface area contributed by atoms with Crippen molar-refractivity contribution in [1.29, 1.82) is 0 Å². The number of hydrogen-bond acceptors (Lipinski definition) is 3. The van der Waals surface area contributed by atoms with Crippen LogP contribution >= 0.6 is 15.9 Å². The van der Waals surface area contributed by atoms with Crippen LogP contribution in [0.25, 0.3) is 5.52 Å². The summed E-state index contributed by atoms with van der Waals surface area (Å²) < 4.78 is 3.04. The molecule has 0 unspecified atom stereocenters. The molecule has 0 atom stereocenters. The van der Waals surface area contributed by atoms with E-state index in [4.69, 9.17) is 0 Å². The zero-order chi connectivity index (χ0) is 11.7. The average molecular weight is 283 g/mol. The molecule has 1 N–H and O–H groups in total. The van der Waals surface area contributed by atoms with Gasteiger partial charge in [-0.25, -0.2) is 4.98 Å². The second-order valence-electron chi connectivity index (χ2n) is 3.85. The summed E-state index contributed by atoms with van der Waals surface area (Å²) in [5.41, 5.74) is 1.09. The number of aromatic nitrogens is 2. The van der Waals surface area contributed by atoms with Gasteiger partial charge in [0.2, 0.25) is 0 Å². The summed E-state index contributed by atoms with van der Waals surface area (Å²) >= 11 is 3.49. The van der Waals surface area contributed by atoms with Crippen LogP contribution in [0.1, 0.15) is 5.82 Å². The number of fused-ring (bicyclic) bond motifs is 1. The SMILES string of the molecule is CNCc1nc(Br)c2cccc(N(C)C)n12. The topological polar surface area (TPSA) is 32.6 Å². The summed E-state index contributed by atoms with van der Waals surface area (Å²) in [5, 5.41) is 3.13. The molecule has 0 aliphatic heterocycles. The van der Waals surface area contributed by atoms with E-state index in [0.717, 1.165) is 28.3 Å². The van der Waals surface area contributed by atoms with Crippen LogP contribution in [0.3, 0.4) is 0 Å². The first kappa shape index (κ1) is 11.4. The van der Waals surface area contributed by atoms with Gasteiger partial charge in [0, 0.05) is 14.1 Å². The predicted octanol–water partition coefficient (Wildman–Crippen LogP) is 1.88. The zero-order valence-electron chi connectivity index (χ0n) is 9.66. The lowest BCUT2D eigenvalue weighted by Crippen LogP contribution is -2.16. The van der Waals surface area contributed by atoms with E-state index >= 15 is 0 Å². The maximum atomic E-state index is 4.51. The van der Waals surface area contributed by atoms with E-state index in [1.807, 2.05) is 27.2 Å². The molecule has 0 fully saturated rings. The smallest absolute Gasteiger partial charge is 0.132 e. The minimum Gasteiger partial charge on any atom is -0.364 e. The van der Waals surface area contributed by atoms with Crippen LogP contribution in [-0.2, 0) is 6.54 Å². The Hall–Kier alpha value is -1.07. The lowest BCUT2D eigenvalue weighted by Gasteiger charge is -2.16. The molecular weight excluding hydrogens is 268 g/mol. The highest BCUT2D eigenvalue weighted by atomic mass is 79.9. The van der Waals surface area contributed by atoms with E-state index in [2.05, 4.69) is 47.7 Å². The van der Waals surface area contributed by atoms with Gasteiger partial charge in [-0.2, -0.15) is 0 Å². The van der Waals surface area contributed by atoms with Crippen molar-refractivity contribution < 1.29 is 0 Å². The van der Waals surface area contributed by atoms with Crippen molar-refractivity contribution in [3.63, 3.8) is 0 Å². The highest BCUT2D eigenvalue weighted by Gasteiger charge is 2.12. The molecule has 0 aliphatic carbocycles. The van der Waals surface area contributed by atoms with E-state index in [-0.39, 0.29) is 0 Å². The molecule has 2 heterocycles. The van der Waals surface area contributed by atoms with Crippen LogP contribution in [-0.4, -0.2) is 30.5 Å². The number of anilines is 1. The Morgan fingerprint density at radius 1 is 1.44 bits per heavy atom. The van der Waals surface area contributed by atoms with Crippen molar-refractivity contribution in [2.75, 3.05) is 26.0 Å². The first-order chi connectivity index (χ1) is 7.65. The third-order valence-corrected chi connectivity index (χ3v) is 3.04. The van der Waals surface area contributed by atoms with E-state index in [1.165, 1.54) is 0 Å². The third-order valence-electron chi connectivity index (χ3n) is 2.46. The number of nitrogens with one attached hydrogen (secondary N) is 1. The van der Waals surface area contributed by atoms with Gasteiger partial charge in [-0.1, -0.05) is 6.07 Å². The first-order valence-corrected chi connectivity index (χ1v) is 5.92. The van der Waals surface area contributed by atoms with Gasteiger partial charge >= 0.3 is 0 Å². The summed E-state index contributed by atoms with van der Waals surface area (Å²) in [7, 11) is 5.99. The molecule has 5 heteroatoms. The Morgan fingerprint density at radius 3 is 2.81 bits per heavy atom. The monoisotopic (exact) mass is 282 g/mol. The number of hydrogen-bond donors (Lipinski definition) is 1. The molecule has 0 amide bonds. The third kappa shape index (κ3) is 1.81. The van der Waals surface area contributed by atoms with Crippen molar-refractivity contribution in [2.24, 2.45) is 0 Å². The molecule has 0 radical (unpaired) electrons. The van der Waals surface area contributed by atoms with Crippen LogP contribution < -0.4 is 10.2 Å². The Kier molecular flexibility index (Phi) is 3.16. The second kappa shape index (κ2) is 4.43. The molecule has 86 valence electrons. The summed E-state index contributed by atoms with van der Waals surface area (Å²) in [4.78, 5) is 6.60. The van der Waals surface area contributed by atoms with E-state index in [9.17, 15) is 0 Å². The largest absolute Gasteiger partial charge is 0.364 e. The normalized spacial score (nSPS) is 11.0. The summed E-state index contributed by atoms with van der Waals surface area (Å²) in [6.07, 6.45) is 0. The van der Waals surface area contributed by atoms with Crippen molar-refractivity contribution >= 4 is 27.3 Å². The maximum Gasteiger partial charge on any atom is 0.132 e. The minimum atomic E-state index is 0.748. The van der Waals surface area contributed by atoms with Crippen LogP contribution in [0.4, 0.5) is 5.82 Å². The van der Waals surface area contributed by atoms with Gasteiger partial charge in [0.15, 0.2) is 0 Å². The number of halogens is 1.